The molecule has 0 saturated heterocycles. The highest BCUT2D eigenvalue weighted by Crippen LogP contribution is 2.66. The van der Waals surface area contributed by atoms with Crippen molar-refractivity contribution in [2.45, 2.75) is 46.1 Å². The van der Waals surface area contributed by atoms with E-state index in [1.807, 2.05) is 0 Å². The first-order chi connectivity index (χ1) is 8.73. The highest BCUT2D eigenvalue weighted by Gasteiger charge is 2.61. The lowest BCUT2D eigenvalue weighted by atomic mass is 9.70. The molecule has 0 unspecified atom stereocenters. The summed E-state index contributed by atoms with van der Waals surface area (Å²) in [7, 11) is 4.19. The number of fused-ring (bicyclic) bond motifs is 2. The number of quaternary nitrogens is 1. The van der Waals surface area contributed by atoms with Gasteiger partial charge in [0.05, 0.1) is 26.8 Å². The van der Waals surface area contributed by atoms with Crippen molar-refractivity contribution < 1.29 is 9.22 Å². The number of rotatable bonds is 5. The molecule has 0 aromatic heterocycles. The Bertz CT molecular complexity index is 383. The van der Waals surface area contributed by atoms with Crippen LogP contribution in [0.2, 0.25) is 0 Å². The Balaban J connectivity index is 1.88. The first-order valence-electron chi connectivity index (χ1n) is 7.53. The summed E-state index contributed by atoms with van der Waals surface area (Å²) >= 11 is 0. The average Bonchev–Trinajstić information content (AvgIpc) is 2.61. The lowest BCUT2D eigenvalue weighted by molar-refractivity contribution is -0.883. The van der Waals surface area contributed by atoms with Crippen LogP contribution in [0.4, 0.5) is 0 Å². The number of nitriles is 1. The minimum atomic E-state index is 0.351. The molecule has 2 fully saturated rings. The van der Waals surface area contributed by atoms with Crippen LogP contribution in [0.1, 0.15) is 40.0 Å². The highest BCUT2D eigenvalue weighted by atomic mass is 16.5. The van der Waals surface area contributed by atoms with Crippen LogP contribution in [-0.4, -0.2) is 44.4 Å². The van der Waals surface area contributed by atoms with Crippen molar-refractivity contribution in [1.82, 2.24) is 0 Å². The van der Waals surface area contributed by atoms with E-state index in [0.717, 1.165) is 23.6 Å². The van der Waals surface area contributed by atoms with Crippen molar-refractivity contribution in [3.8, 4) is 6.07 Å². The summed E-state index contributed by atoms with van der Waals surface area (Å²) in [5.74, 6) is 0.837. The van der Waals surface area contributed by atoms with E-state index in [1.165, 1.54) is 19.3 Å². The highest BCUT2D eigenvalue weighted by molar-refractivity contribution is 5.11. The number of hydrogen-bond acceptors (Lipinski definition) is 2. The third kappa shape index (κ3) is 2.41. The molecule has 108 valence electrons. The fourth-order valence-electron chi connectivity index (χ4n) is 4.09. The summed E-state index contributed by atoms with van der Waals surface area (Å²) in [6.45, 7) is 9.51. The van der Waals surface area contributed by atoms with Crippen LogP contribution in [0.15, 0.2) is 0 Å². The first kappa shape index (κ1) is 14.8. The molecular formula is C16H29N2O+. The standard InChI is InChI=1S/C16H29N2O/c1-15(2)13-6-7-16(15,3)14(12-13)19-11-10-18(4,5)9-8-17/h13-14H,6-7,9-12H2,1-5H3/q+1/t13-,14-,16+/m0/s1. The molecule has 0 aliphatic heterocycles. The molecule has 0 heterocycles. The average molecular weight is 265 g/mol. The van der Waals surface area contributed by atoms with Gasteiger partial charge in [-0.1, -0.05) is 20.8 Å². The van der Waals surface area contributed by atoms with E-state index in [9.17, 15) is 0 Å². The van der Waals surface area contributed by atoms with Gasteiger partial charge in [0.1, 0.15) is 12.6 Å². The number of likely N-dealkylation sites (N-methyl/N-ethyl adjacent to an activating group) is 1. The quantitative estimate of drug-likeness (QED) is 0.565. The van der Waals surface area contributed by atoms with Crippen molar-refractivity contribution in [2.24, 2.45) is 16.7 Å². The van der Waals surface area contributed by atoms with E-state index in [0.29, 0.717) is 23.5 Å². The predicted molar refractivity (Wildman–Crippen MR) is 76.4 cm³/mol. The summed E-state index contributed by atoms with van der Waals surface area (Å²) in [6, 6.07) is 2.25. The van der Waals surface area contributed by atoms with Crippen molar-refractivity contribution in [3.05, 3.63) is 0 Å². The van der Waals surface area contributed by atoms with Gasteiger partial charge in [-0.3, -0.25) is 0 Å². The van der Waals surface area contributed by atoms with E-state index in [2.05, 4.69) is 40.9 Å². The zero-order chi connectivity index (χ0) is 14.3. The normalized spacial score (nSPS) is 36.4. The van der Waals surface area contributed by atoms with Gasteiger partial charge in [0.15, 0.2) is 6.54 Å². The van der Waals surface area contributed by atoms with Crippen molar-refractivity contribution in [3.63, 3.8) is 0 Å². The fourth-order valence-corrected chi connectivity index (χ4v) is 4.09. The molecule has 0 radical (unpaired) electrons. The van der Waals surface area contributed by atoms with Crippen molar-refractivity contribution in [2.75, 3.05) is 33.8 Å². The second-order valence-electron chi connectivity index (χ2n) is 7.95. The monoisotopic (exact) mass is 265 g/mol. The largest absolute Gasteiger partial charge is 0.372 e. The summed E-state index contributed by atoms with van der Waals surface area (Å²) in [4.78, 5) is 0. The fraction of sp³-hybridized carbons (Fsp3) is 0.938. The smallest absolute Gasteiger partial charge is 0.166 e. The third-order valence-electron chi connectivity index (χ3n) is 6.23. The lowest BCUT2D eigenvalue weighted by Crippen LogP contribution is -2.44. The van der Waals surface area contributed by atoms with Gasteiger partial charge >= 0.3 is 0 Å². The molecule has 3 nitrogen and oxygen atoms in total. The van der Waals surface area contributed by atoms with Crippen molar-refractivity contribution >= 4 is 0 Å². The molecule has 3 atom stereocenters. The summed E-state index contributed by atoms with van der Waals surface area (Å²) < 4.78 is 6.96. The van der Waals surface area contributed by atoms with E-state index >= 15 is 0 Å². The first-order valence-corrected chi connectivity index (χ1v) is 7.53. The van der Waals surface area contributed by atoms with Crippen LogP contribution >= 0.6 is 0 Å². The summed E-state index contributed by atoms with van der Waals surface area (Å²) in [5, 5.41) is 8.80. The van der Waals surface area contributed by atoms with Crippen LogP contribution in [0.3, 0.4) is 0 Å². The van der Waals surface area contributed by atoms with Gasteiger partial charge in [0.25, 0.3) is 0 Å². The molecule has 2 aliphatic carbocycles. The molecule has 0 spiro atoms. The van der Waals surface area contributed by atoms with Crippen LogP contribution < -0.4 is 0 Å². The van der Waals surface area contributed by atoms with E-state index in [-0.39, 0.29) is 0 Å². The molecule has 0 aromatic carbocycles. The Morgan fingerprint density at radius 3 is 2.47 bits per heavy atom. The Morgan fingerprint density at radius 1 is 1.32 bits per heavy atom. The summed E-state index contributed by atoms with van der Waals surface area (Å²) in [5.41, 5.74) is 0.777. The molecule has 2 saturated carbocycles. The van der Waals surface area contributed by atoms with Gasteiger partial charge < -0.3 is 9.22 Å². The molecule has 0 N–H and O–H groups in total. The van der Waals surface area contributed by atoms with Gasteiger partial charge in [-0.05, 0) is 36.0 Å². The molecule has 0 amide bonds. The van der Waals surface area contributed by atoms with Gasteiger partial charge in [-0.15, -0.1) is 0 Å². The summed E-state index contributed by atoms with van der Waals surface area (Å²) in [6.07, 6.45) is 4.34. The molecule has 19 heavy (non-hydrogen) atoms. The van der Waals surface area contributed by atoms with Crippen LogP contribution in [0.25, 0.3) is 0 Å². The predicted octanol–water partition coefficient (Wildman–Crippen LogP) is 2.82. The number of hydrogen-bond donors (Lipinski definition) is 0. The molecular weight excluding hydrogens is 236 g/mol. The second kappa shape index (κ2) is 4.75. The molecule has 2 bridgehead atoms. The SMILES string of the molecule is CC1(C)[C@H]2CC[C@]1(C)[C@@H](OCC[N+](C)(C)CC#N)C2. The Morgan fingerprint density at radius 2 is 2.00 bits per heavy atom. The zero-order valence-corrected chi connectivity index (χ0v) is 13.2. The van der Waals surface area contributed by atoms with Crippen molar-refractivity contribution in [1.29, 1.82) is 5.26 Å². The molecule has 2 rings (SSSR count). The van der Waals surface area contributed by atoms with Gasteiger partial charge in [-0.2, -0.15) is 5.26 Å². The van der Waals surface area contributed by atoms with E-state index < -0.39 is 0 Å². The maximum absolute atomic E-state index is 8.80. The third-order valence-corrected chi connectivity index (χ3v) is 6.23. The minimum Gasteiger partial charge on any atom is -0.372 e. The van der Waals surface area contributed by atoms with Gasteiger partial charge in [0, 0.05) is 0 Å². The maximum atomic E-state index is 8.80. The zero-order valence-electron chi connectivity index (χ0n) is 13.2. The second-order valence-corrected chi connectivity index (χ2v) is 7.95. The van der Waals surface area contributed by atoms with E-state index in [1.54, 1.807) is 0 Å². The number of nitrogens with zero attached hydrogens (tertiary/aromatic N) is 2. The molecule has 2 aliphatic rings. The number of ether oxygens (including phenoxy) is 1. The van der Waals surface area contributed by atoms with Gasteiger partial charge in [-0.25, -0.2) is 0 Å². The van der Waals surface area contributed by atoms with E-state index in [4.69, 9.17) is 10.00 Å². The molecule has 0 aromatic rings. The van der Waals surface area contributed by atoms with Gasteiger partial charge in [0.2, 0.25) is 0 Å². The Labute approximate surface area is 118 Å². The Hall–Kier alpha value is -0.590. The van der Waals surface area contributed by atoms with Crippen LogP contribution in [0, 0.1) is 28.1 Å². The Kier molecular flexibility index (Phi) is 3.70. The van der Waals surface area contributed by atoms with Crippen LogP contribution in [0.5, 0.6) is 0 Å². The minimum absolute atomic E-state index is 0.351. The maximum Gasteiger partial charge on any atom is 0.166 e. The lowest BCUT2D eigenvalue weighted by Gasteiger charge is -2.39. The molecule has 3 heteroatoms. The topological polar surface area (TPSA) is 33.0 Å². The van der Waals surface area contributed by atoms with Crippen LogP contribution in [-0.2, 0) is 4.74 Å².